The minimum Gasteiger partial charge on any atom is -0.497 e. The number of ether oxygens (including phenoxy) is 1. The van der Waals surface area contributed by atoms with Crippen LogP contribution in [-0.4, -0.2) is 43.1 Å². The number of rotatable bonds is 14. The lowest BCUT2D eigenvalue weighted by Gasteiger charge is -2.43. The molecule has 1 atom stereocenters. The summed E-state index contributed by atoms with van der Waals surface area (Å²) in [6.45, 7) is 3.05. The summed E-state index contributed by atoms with van der Waals surface area (Å²) >= 11 is 0. The van der Waals surface area contributed by atoms with Crippen molar-refractivity contribution >= 4 is 18.3 Å². The molecule has 1 aliphatic carbocycles. The van der Waals surface area contributed by atoms with Gasteiger partial charge in [-0.2, -0.15) is 0 Å². The minimum absolute atomic E-state index is 0. The van der Waals surface area contributed by atoms with Crippen molar-refractivity contribution in [2.75, 3.05) is 26.7 Å². The maximum absolute atomic E-state index is 12.8. The van der Waals surface area contributed by atoms with Crippen LogP contribution in [0.15, 0.2) is 109 Å². The highest BCUT2D eigenvalue weighted by atomic mass is 35.5. The van der Waals surface area contributed by atoms with Crippen molar-refractivity contribution in [1.82, 2.24) is 10.2 Å². The number of likely N-dealkylation sites (tertiary alicyclic amines) is 1. The number of halogens is 1. The number of hydrogen-bond acceptors (Lipinski definition) is 3. The number of carbonyl (C=O) groups is 1. The van der Waals surface area contributed by atoms with Crippen LogP contribution < -0.4 is 10.1 Å². The average molecular weight is 651 g/mol. The summed E-state index contributed by atoms with van der Waals surface area (Å²) in [7, 11) is 1.67. The molecule has 1 fully saturated rings. The van der Waals surface area contributed by atoms with Gasteiger partial charge in [-0.25, -0.2) is 0 Å². The highest BCUT2D eigenvalue weighted by Crippen LogP contribution is 2.44. The zero-order valence-electron chi connectivity index (χ0n) is 28.0. The summed E-state index contributed by atoms with van der Waals surface area (Å²) in [6, 6.07) is 39.3. The molecule has 1 saturated heterocycles. The first-order valence-electron chi connectivity index (χ1n) is 17.4. The molecule has 0 radical (unpaired) electrons. The van der Waals surface area contributed by atoms with E-state index in [0.717, 1.165) is 50.0 Å². The number of hydrogen-bond donors (Lipinski definition) is 1. The number of methoxy groups -OCH3 is 1. The lowest BCUT2D eigenvalue weighted by Crippen LogP contribution is -2.48. The van der Waals surface area contributed by atoms with Crippen molar-refractivity contribution in [3.8, 4) is 5.75 Å². The molecule has 1 unspecified atom stereocenters. The smallest absolute Gasteiger partial charge is 0.220 e. The van der Waals surface area contributed by atoms with E-state index in [1.54, 1.807) is 18.2 Å². The summed E-state index contributed by atoms with van der Waals surface area (Å²) in [5, 5.41) is 3.23. The summed E-state index contributed by atoms with van der Waals surface area (Å²) in [4.78, 5) is 15.7. The van der Waals surface area contributed by atoms with Crippen LogP contribution in [0.3, 0.4) is 0 Å². The molecule has 5 heteroatoms. The predicted molar refractivity (Wildman–Crippen MR) is 196 cm³/mol. The van der Waals surface area contributed by atoms with E-state index in [0.29, 0.717) is 18.5 Å². The molecular formula is C42H51ClN2O2. The van der Waals surface area contributed by atoms with Gasteiger partial charge in [0.1, 0.15) is 5.75 Å². The van der Waals surface area contributed by atoms with E-state index in [1.165, 1.54) is 49.8 Å². The van der Waals surface area contributed by atoms with Crippen molar-refractivity contribution in [3.05, 3.63) is 137 Å². The molecule has 1 amide bonds. The number of nitrogens with zero attached hydrogens (tertiary/aromatic N) is 1. The monoisotopic (exact) mass is 650 g/mol. The second-order valence-electron chi connectivity index (χ2n) is 13.5. The van der Waals surface area contributed by atoms with E-state index in [-0.39, 0.29) is 23.7 Å². The van der Waals surface area contributed by atoms with Crippen molar-refractivity contribution in [1.29, 1.82) is 0 Å². The van der Waals surface area contributed by atoms with Crippen LogP contribution in [-0.2, 0) is 29.5 Å². The normalized spacial score (nSPS) is 17.6. The Bertz CT molecular complexity index is 1500. The minimum atomic E-state index is -0.0948. The molecule has 1 heterocycles. The van der Waals surface area contributed by atoms with E-state index in [1.807, 2.05) is 24.3 Å². The number of aryl methyl sites for hydroxylation is 2. The molecule has 248 valence electrons. The van der Waals surface area contributed by atoms with Crippen LogP contribution in [0.25, 0.3) is 0 Å². The molecule has 1 spiro atoms. The molecule has 1 aliphatic heterocycles. The Morgan fingerprint density at radius 2 is 1.45 bits per heavy atom. The summed E-state index contributed by atoms with van der Waals surface area (Å²) < 4.78 is 5.26. The van der Waals surface area contributed by atoms with Crippen LogP contribution in [0.4, 0.5) is 0 Å². The van der Waals surface area contributed by atoms with E-state index >= 15 is 0 Å². The molecule has 4 nitrogen and oxygen atoms in total. The van der Waals surface area contributed by atoms with Crippen LogP contribution >= 0.6 is 12.4 Å². The van der Waals surface area contributed by atoms with Gasteiger partial charge in [0.15, 0.2) is 0 Å². The molecule has 2 aliphatic rings. The van der Waals surface area contributed by atoms with Crippen molar-refractivity contribution < 1.29 is 9.53 Å². The van der Waals surface area contributed by atoms with Gasteiger partial charge in [-0.15, -0.1) is 12.4 Å². The first kappa shape index (κ1) is 34.7. The van der Waals surface area contributed by atoms with Gasteiger partial charge in [0.05, 0.1) is 7.11 Å². The SMILES string of the molecule is COc1ccc(CCC(=O)NCCCC(CCCN2CCCC23CCc2ccccc2C3)(c2ccccc2)c2ccccc2)cc1.Cl. The number of nitrogens with one attached hydrogen (secondary N) is 1. The standard InChI is InChI=1S/C42H50N2O2.ClH/c1-46-39-22-19-34(20-23-39)21-24-40(45)43-30-10-27-42(37-15-4-2-5-16-37,38-17-6-3-7-18-38)28-12-32-44-31-11-26-41(44)29-25-35-13-8-9-14-36(35)33-41;/h2-9,13-20,22-23H,10-12,21,24-33H2,1H3,(H,43,45);1H. The number of fused-ring (bicyclic) bond motifs is 1. The fourth-order valence-corrected chi connectivity index (χ4v) is 8.32. The first-order valence-corrected chi connectivity index (χ1v) is 17.4. The quantitative estimate of drug-likeness (QED) is 0.139. The molecule has 0 bridgehead atoms. The zero-order valence-corrected chi connectivity index (χ0v) is 28.8. The lowest BCUT2D eigenvalue weighted by atomic mass is 9.68. The molecule has 1 N–H and O–H groups in total. The zero-order chi connectivity index (χ0) is 31.7. The van der Waals surface area contributed by atoms with Crippen molar-refractivity contribution in [2.24, 2.45) is 0 Å². The van der Waals surface area contributed by atoms with Crippen LogP contribution in [0.1, 0.15) is 79.2 Å². The summed E-state index contributed by atoms with van der Waals surface area (Å²) in [5.74, 6) is 0.961. The molecule has 6 rings (SSSR count). The predicted octanol–water partition coefficient (Wildman–Crippen LogP) is 8.74. The third kappa shape index (κ3) is 8.28. The Morgan fingerprint density at radius 1 is 0.809 bits per heavy atom. The van der Waals surface area contributed by atoms with Gasteiger partial charge in [-0.3, -0.25) is 9.69 Å². The van der Waals surface area contributed by atoms with E-state index in [2.05, 4.69) is 95.1 Å². The molecule has 4 aromatic rings. The summed E-state index contributed by atoms with van der Waals surface area (Å²) in [6.07, 6.45) is 11.7. The molecule has 0 aromatic heterocycles. The third-order valence-electron chi connectivity index (χ3n) is 10.8. The van der Waals surface area contributed by atoms with Crippen LogP contribution in [0.5, 0.6) is 5.75 Å². The first-order chi connectivity index (χ1) is 22.6. The fourth-order valence-electron chi connectivity index (χ4n) is 8.32. The van der Waals surface area contributed by atoms with Gasteiger partial charge in [-0.1, -0.05) is 97.1 Å². The highest BCUT2D eigenvalue weighted by Gasteiger charge is 2.43. The lowest BCUT2D eigenvalue weighted by molar-refractivity contribution is -0.121. The third-order valence-corrected chi connectivity index (χ3v) is 10.8. The van der Waals surface area contributed by atoms with Crippen molar-refractivity contribution in [3.63, 3.8) is 0 Å². The van der Waals surface area contributed by atoms with Gasteiger partial charge < -0.3 is 10.1 Å². The van der Waals surface area contributed by atoms with Gasteiger partial charge in [0.2, 0.25) is 5.91 Å². The average Bonchev–Trinajstić information content (AvgIpc) is 3.49. The van der Waals surface area contributed by atoms with E-state index < -0.39 is 0 Å². The van der Waals surface area contributed by atoms with Gasteiger partial charge in [0.25, 0.3) is 0 Å². The Kier molecular flexibility index (Phi) is 12.2. The van der Waals surface area contributed by atoms with E-state index in [9.17, 15) is 4.79 Å². The van der Waals surface area contributed by atoms with E-state index in [4.69, 9.17) is 4.74 Å². The molecular weight excluding hydrogens is 600 g/mol. The largest absolute Gasteiger partial charge is 0.497 e. The van der Waals surface area contributed by atoms with Gasteiger partial charge in [0, 0.05) is 23.9 Å². The van der Waals surface area contributed by atoms with Crippen LogP contribution in [0.2, 0.25) is 0 Å². The van der Waals surface area contributed by atoms with Crippen molar-refractivity contribution in [2.45, 2.75) is 81.6 Å². The number of carbonyl (C=O) groups excluding carboxylic acids is 1. The van der Waals surface area contributed by atoms with Gasteiger partial charge >= 0.3 is 0 Å². The summed E-state index contributed by atoms with van der Waals surface area (Å²) in [5.41, 5.74) is 7.27. The number of benzene rings is 4. The molecule has 47 heavy (non-hydrogen) atoms. The molecule has 0 saturated carbocycles. The Morgan fingerprint density at radius 3 is 2.13 bits per heavy atom. The Hall–Kier alpha value is -3.60. The molecule has 4 aromatic carbocycles. The Labute approximate surface area is 288 Å². The maximum atomic E-state index is 12.8. The number of amides is 1. The van der Waals surface area contributed by atoms with Crippen LogP contribution in [0, 0.1) is 0 Å². The topological polar surface area (TPSA) is 41.6 Å². The second-order valence-corrected chi connectivity index (χ2v) is 13.5. The maximum Gasteiger partial charge on any atom is 0.220 e. The van der Waals surface area contributed by atoms with Gasteiger partial charge in [-0.05, 0) is 117 Å². The highest BCUT2D eigenvalue weighted by molar-refractivity contribution is 5.85. The second kappa shape index (κ2) is 16.5. The Balaban J connectivity index is 0.00000433. The fraction of sp³-hybridized carbons (Fsp3) is 0.405.